The van der Waals surface area contributed by atoms with E-state index in [1.54, 1.807) is 36.7 Å². The van der Waals surface area contributed by atoms with E-state index in [4.69, 9.17) is 10.5 Å². The summed E-state index contributed by atoms with van der Waals surface area (Å²) in [5.41, 5.74) is 8.55. The molecule has 3 heterocycles. The highest BCUT2D eigenvalue weighted by molar-refractivity contribution is 5.72. The molecule has 0 saturated carbocycles. The van der Waals surface area contributed by atoms with Gasteiger partial charge in [0, 0.05) is 30.1 Å². The van der Waals surface area contributed by atoms with Gasteiger partial charge in [0.05, 0.1) is 22.1 Å². The van der Waals surface area contributed by atoms with Gasteiger partial charge in [0.15, 0.2) is 0 Å². The molecule has 0 bridgehead atoms. The predicted molar refractivity (Wildman–Crippen MR) is 94.2 cm³/mol. The van der Waals surface area contributed by atoms with Crippen molar-refractivity contribution in [1.29, 1.82) is 5.26 Å². The van der Waals surface area contributed by atoms with Gasteiger partial charge in [0.25, 0.3) is 5.69 Å². The van der Waals surface area contributed by atoms with Crippen molar-refractivity contribution in [2.24, 2.45) is 5.73 Å². The Labute approximate surface area is 152 Å². The van der Waals surface area contributed by atoms with Crippen molar-refractivity contribution in [3.05, 3.63) is 81.5 Å². The quantitative estimate of drug-likeness (QED) is 0.539. The molecule has 27 heavy (non-hydrogen) atoms. The molecule has 9 nitrogen and oxygen atoms in total. The molecule has 4 rings (SSSR count). The van der Waals surface area contributed by atoms with Crippen LogP contribution in [0.5, 0.6) is 5.88 Å². The molecule has 0 saturated heterocycles. The van der Waals surface area contributed by atoms with Crippen LogP contribution in [0.15, 0.2) is 60.2 Å². The Hall–Kier alpha value is -4.19. The zero-order chi connectivity index (χ0) is 19.0. The lowest BCUT2D eigenvalue weighted by atomic mass is 9.83. The third kappa shape index (κ3) is 2.65. The fraction of sp³-hybridized carbons (Fsp3) is 0.0556. The highest BCUT2D eigenvalue weighted by atomic mass is 16.6. The number of non-ortho nitro benzene ring substituents is 1. The second-order valence-electron chi connectivity index (χ2n) is 5.83. The van der Waals surface area contributed by atoms with E-state index in [0.29, 0.717) is 16.8 Å². The Balaban J connectivity index is 1.94. The summed E-state index contributed by atoms with van der Waals surface area (Å²) < 4.78 is 5.51. The Morgan fingerprint density at radius 1 is 1.30 bits per heavy atom. The van der Waals surface area contributed by atoms with E-state index in [1.165, 1.54) is 12.1 Å². The molecule has 1 aliphatic heterocycles. The van der Waals surface area contributed by atoms with Gasteiger partial charge in [0.1, 0.15) is 11.6 Å². The number of benzene rings is 1. The van der Waals surface area contributed by atoms with Crippen LogP contribution in [0.3, 0.4) is 0 Å². The molecule has 0 radical (unpaired) electrons. The maximum atomic E-state index is 11.1. The summed E-state index contributed by atoms with van der Waals surface area (Å²) in [6, 6.07) is 11.8. The van der Waals surface area contributed by atoms with Crippen LogP contribution in [0.4, 0.5) is 5.69 Å². The highest BCUT2D eigenvalue weighted by Crippen LogP contribution is 2.45. The molecule has 3 N–H and O–H groups in total. The van der Waals surface area contributed by atoms with Crippen molar-refractivity contribution in [1.82, 2.24) is 15.2 Å². The number of nitro groups is 1. The van der Waals surface area contributed by atoms with Crippen molar-refractivity contribution in [3.8, 4) is 23.2 Å². The van der Waals surface area contributed by atoms with E-state index in [-0.39, 0.29) is 23.0 Å². The first-order valence-electron chi connectivity index (χ1n) is 7.90. The van der Waals surface area contributed by atoms with Crippen LogP contribution in [-0.4, -0.2) is 20.1 Å². The van der Waals surface area contributed by atoms with Gasteiger partial charge in [-0.05, 0) is 17.7 Å². The van der Waals surface area contributed by atoms with Gasteiger partial charge in [-0.1, -0.05) is 12.1 Å². The molecule has 9 heteroatoms. The SMILES string of the molecule is N#CC1=C(N)Oc2n[nH]c(-c3cccc([N+](=O)[O-])c3)c2[C@H]1c1ccncc1. The van der Waals surface area contributed by atoms with Gasteiger partial charge in [-0.25, -0.2) is 0 Å². The van der Waals surface area contributed by atoms with Gasteiger partial charge in [-0.3, -0.25) is 20.2 Å². The average molecular weight is 360 g/mol. The Bertz CT molecular complexity index is 1110. The number of nitrogens with zero attached hydrogens (tertiary/aromatic N) is 4. The third-order valence-corrected chi connectivity index (χ3v) is 4.32. The van der Waals surface area contributed by atoms with Gasteiger partial charge in [-0.2, -0.15) is 5.26 Å². The van der Waals surface area contributed by atoms with Crippen LogP contribution in [-0.2, 0) is 0 Å². The molecule has 0 fully saturated rings. The second kappa shape index (κ2) is 6.27. The fourth-order valence-electron chi connectivity index (χ4n) is 3.13. The number of aromatic nitrogens is 3. The molecular formula is C18H12N6O3. The van der Waals surface area contributed by atoms with E-state index < -0.39 is 10.8 Å². The molecule has 3 aromatic rings. The molecule has 1 atom stereocenters. The minimum atomic E-state index is -0.533. The standard InChI is InChI=1S/C18H12N6O3/c19-9-13-14(10-4-6-21-7-5-10)15-16(22-23-18(15)27-17(13)20)11-2-1-3-12(8-11)24(25)26/h1-8,14H,20H2,(H,22,23)/t14-/m0/s1. The van der Waals surface area contributed by atoms with Crippen molar-refractivity contribution in [2.75, 3.05) is 0 Å². The molecule has 0 aliphatic carbocycles. The maximum absolute atomic E-state index is 11.1. The number of nitrogens with two attached hydrogens (primary N) is 1. The van der Waals surface area contributed by atoms with Gasteiger partial charge in [-0.15, -0.1) is 5.10 Å². The zero-order valence-electron chi connectivity index (χ0n) is 13.8. The Kier molecular flexibility index (Phi) is 3.78. The molecular weight excluding hydrogens is 348 g/mol. The monoisotopic (exact) mass is 360 g/mol. The molecule has 0 spiro atoms. The number of hydrogen-bond donors (Lipinski definition) is 2. The summed E-state index contributed by atoms with van der Waals surface area (Å²) in [5, 5.41) is 27.8. The Morgan fingerprint density at radius 3 is 2.78 bits per heavy atom. The van der Waals surface area contributed by atoms with E-state index in [9.17, 15) is 15.4 Å². The van der Waals surface area contributed by atoms with Crippen LogP contribution < -0.4 is 10.5 Å². The van der Waals surface area contributed by atoms with Crippen molar-refractivity contribution < 1.29 is 9.66 Å². The molecule has 0 unspecified atom stereocenters. The molecule has 2 aromatic heterocycles. The van der Waals surface area contributed by atoms with Gasteiger partial charge in [0.2, 0.25) is 11.8 Å². The summed E-state index contributed by atoms with van der Waals surface area (Å²) in [6.45, 7) is 0. The fourth-order valence-corrected chi connectivity index (χ4v) is 3.13. The maximum Gasteiger partial charge on any atom is 0.270 e. The second-order valence-corrected chi connectivity index (χ2v) is 5.83. The first-order chi connectivity index (χ1) is 13.1. The first-order valence-corrected chi connectivity index (χ1v) is 7.90. The van der Waals surface area contributed by atoms with Crippen LogP contribution in [0.1, 0.15) is 17.0 Å². The lowest BCUT2D eigenvalue weighted by Gasteiger charge is -2.23. The zero-order valence-corrected chi connectivity index (χ0v) is 13.8. The number of nitriles is 1. The number of H-pyrrole nitrogens is 1. The lowest BCUT2D eigenvalue weighted by molar-refractivity contribution is -0.384. The van der Waals surface area contributed by atoms with Crippen LogP contribution in [0, 0.1) is 21.4 Å². The number of fused-ring (bicyclic) bond motifs is 1. The molecule has 1 aromatic carbocycles. The van der Waals surface area contributed by atoms with Crippen molar-refractivity contribution >= 4 is 5.69 Å². The van der Waals surface area contributed by atoms with Gasteiger partial charge < -0.3 is 10.5 Å². The van der Waals surface area contributed by atoms with E-state index >= 15 is 0 Å². The first kappa shape index (κ1) is 16.3. The van der Waals surface area contributed by atoms with Crippen LogP contribution >= 0.6 is 0 Å². The number of allylic oxidation sites excluding steroid dienone is 1. The molecule has 132 valence electrons. The summed E-state index contributed by atoms with van der Waals surface area (Å²) in [4.78, 5) is 14.7. The highest BCUT2D eigenvalue weighted by Gasteiger charge is 2.35. The van der Waals surface area contributed by atoms with Crippen molar-refractivity contribution in [2.45, 2.75) is 5.92 Å². The van der Waals surface area contributed by atoms with Crippen LogP contribution in [0.25, 0.3) is 11.3 Å². The summed E-state index contributed by atoms with van der Waals surface area (Å²) in [6.07, 6.45) is 3.23. The Morgan fingerprint density at radius 2 is 2.07 bits per heavy atom. The van der Waals surface area contributed by atoms with E-state index in [0.717, 1.165) is 5.56 Å². The van der Waals surface area contributed by atoms with Gasteiger partial charge >= 0.3 is 0 Å². The van der Waals surface area contributed by atoms with Crippen molar-refractivity contribution in [3.63, 3.8) is 0 Å². The number of hydrogen-bond acceptors (Lipinski definition) is 7. The normalized spacial score (nSPS) is 15.6. The smallest absolute Gasteiger partial charge is 0.270 e. The largest absolute Gasteiger partial charge is 0.420 e. The topological polar surface area (TPSA) is 144 Å². The number of pyridine rings is 1. The summed E-state index contributed by atoms with van der Waals surface area (Å²) in [7, 11) is 0. The summed E-state index contributed by atoms with van der Waals surface area (Å²) >= 11 is 0. The number of nitro benzene ring substituents is 1. The van der Waals surface area contributed by atoms with E-state index in [1.807, 2.05) is 0 Å². The minimum Gasteiger partial charge on any atom is -0.420 e. The minimum absolute atomic E-state index is 0.0242. The number of rotatable bonds is 3. The molecule has 1 aliphatic rings. The molecule has 0 amide bonds. The lowest BCUT2D eigenvalue weighted by Crippen LogP contribution is -2.21. The van der Waals surface area contributed by atoms with E-state index in [2.05, 4.69) is 21.3 Å². The predicted octanol–water partition coefficient (Wildman–Crippen LogP) is 2.60. The number of ether oxygens (including phenoxy) is 1. The number of aromatic amines is 1. The number of nitrogens with one attached hydrogen (secondary N) is 1. The van der Waals surface area contributed by atoms with Crippen LogP contribution in [0.2, 0.25) is 0 Å². The third-order valence-electron chi connectivity index (χ3n) is 4.32. The average Bonchev–Trinajstić information content (AvgIpc) is 3.11. The summed E-state index contributed by atoms with van der Waals surface area (Å²) in [5.74, 6) is -0.325.